The molecule has 1 amide bonds. The van der Waals surface area contributed by atoms with Crippen LogP contribution in [0, 0.1) is 11.3 Å². The lowest BCUT2D eigenvalue weighted by Crippen LogP contribution is -2.35. The number of carbonyl (C=O) groups excluding carboxylic acids is 1. The number of hydrogen-bond donors (Lipinski definition) is 2. The van der Waals surface area contributed by atoms with Gasteiger partial charge in [0.15, 0.2) is 0 Å². The minimum absolute atomic E-state index is 0.0882. The van der Waals surface area contributed by atoms with Crippen LogP contribution in [-0.2, 0) is 9.53 Å². The smallest absolute Gasteiger partial charge is 0.233 e. The number of ether oxygens (including phenoxy) is 1. The van der Waals surface area contributed by atoms with Crippen molar-refractivity contribution in [1.82, 2.24) is 10.6 Å². The summed E-state index contributed by atoms with van der Waals surface area (Å²) in [5, 5.41) is 13.8. The van der Waals surface area contributed by atoms with Crippen molar-refractivity contribution in [1.29, 1.82) is 5.26 Å². The molecule has 5 heteroatoms. The fourth-order valence-corrected chi connectivity index (χ4v) is 0.889. The highest BCUT2D eigenvalue weighted by Crippen LogP contribution is 1.84. The number of nitriles is 1. The Morgan fingerprint density at radius 2 is 2.20 bits per heavy atom. The van der Waals surface area contributed by atoms with Crippen molar-refractivity contribution in [2.45, 2.75) is 26.4 Å². The van der Waals surface area contributed by atoms with E-state index in [9.17, 15) is 4.79 Å². The molecule has 0 aliphatic rings. The number of nitrogens with zero attached hydrogens (tertiary/aromatic N) is 1. The van der Waals surface area contributed by atoms with Gasteiger partial charge in [0.25, 0.3) is 0 Å². The first-order valence-corrected chi connectivity index (χ1v) is 5.12. The highest BCUT2D eigenvalue weighted by Gasteiger charge is 1.99. The second-order valence-electron chi connectivity index (χ2n) is 3.35. The summed E-state index contributed by atoms with van der Waals surface area (Å²) in [6, 6.07) is 1.96. The van der Waals surface area contributed by atoms with Gasteiger partial charge in [0, 0.05) is 13.1 Å². The molecule has 0 saturated heterocycles. The van der Waals surface area contributed by atoms with Crippen LogP contribution >= 0.6 is 0 Å². The summed E-state index contributed by atoms with van der Waals surface area (Å²) in [7, 11) is 0. The number of nitrogens with one attached hydrogen (secondary N) is 2. The van der Waals surface area contributed by atoms with Crippen molar-refractivity contribution < 1.29 is 9.53 Å². The maximum absolute atomic E-state index is 11.1. The molecule has 0 spiro atoms. The molecule has 0 unspecified atom stereocenters. The summed E-state index contributed by atoms with van der Waals surface area (Å²) in [4.78, 5) is 11.1. The predicted molar refractivity (Wildman–Crippen MR) is 57.2 cm³/mol. The first kappa shape index (κ1) is 13.9. The van der Waals surface area contributed by atoms with Crippen LogP contribution in [0.15, 0.2) is 0 Å². The molecule has 86 valence electrons. The van der Waals surface area contributed by atoms with E-state index in [1.54, 1.807) is 0 Å². The van der Waals surface area contributed by atoms with Crippen LogP contribution in [0.25, 0.3) is 0 Å². The first-order valence-electron chi connectivity index (χ1n) is 5.12. The topological polar surface area (TPSA) is 74.2 Å². The third kappa shape index (κ3) is 10.8. The molecule has 0 aromatic carbocycles. The minimum Gasteiger partial charge on any atom is -0.377 e. The summed E-state index contributed by atoms with van der Waals surface area (Å²) in [6.45, 7) is 5.88. The summed E-state index contributed by atoms with van der Waals surface area (Å²) >= 11 is 0. The third-order valence-corrected chi connectivity index (χ3v) is 1.57. The van der Waals surface area contributed by atoms with Gasteiger partial charge in [0.2, 0.25) is 5.91 Å². The van der Waals surface area contributed by atoms with Gasteiger partial charge in [0.1, 0.15) is 0 Å². The lowest BCUT2D eigenvalue weighted by atomic mass is 10.4. The molecule has 15 heavy (non-hydrogen) atoms. The predicted octanol–water partition coefficient (Wildman–Crippen LogP) is 0.0309. The fourth-order valence-electron chi connectivity index (χ4n) is 0.889. The maximum Gasteiger partial charge on any atom is 0.233 e. The number of carbonyl (C=O) groups is 1. The average molecular weight is 213 g/mol. The Morgan fingerprint density at radius 3 is 2.80 bits per heavy atom. The van der Waals surface area contributed by atoms with E-state index < -0.39 is 0 Å². The van der Waals surface area contributed by atoms with Gasteiger partial charge >= 0.3 is 0 Å². The highest BCUT2D eigenvalue weighted by molar-refractivity contribution is 5.77. The van der Waals surface area contributed by atoms with Crippen LogP contribution in [0.3, 0.4) is 0 Å². The molecule has 0 radical (unpaired) electrons. The van der Waals surface area contributed by atoms with Crippen LogP contribution in [0.4, 0.5) is 0 Å². The SMILES string of the molecule is CC(C)OCCNCC(=O)NCCC#N. The average Bonchev–Trinajstić information content (AvgIpc) is 2.17. The normalized spacial score (nSPS) is 10.0. The standard InChI is InChI=1S/C10H19N3O2/c1-9(2)15-7-6-12-8-10(14)13-5-3-4-11/h9,12H,3,5-8H2,1-2H3,(H,13,14). The van der Waals surface area contributed by atoms with E-state index in [-0.39, 0.29) is 18.6 Å². The van der Waals surface area contributed by atoms with Gasteiger partial charge in [-0.25, -0.2) is 0 Å². The largest absolute Gasteiger partial charge is 0.377 e. The molecule has 0 atom stereocenters. The summed E-state index contributed by atoms with van der Waals surface area (Å²) in [6.07, 6.45) is 0.568. The van der Waals surface area contributed by atoms with Crippen LogP contribution in [0.5, 0.6) is 0 Å². The zero-order valence-electron chi connectivity index (χ0n) is 9.38. The Labute approximate surface area is 90.8 Å². The van der Waals surface area contributed by atoms with E-state index in [2.05, 4.69) is 10.6 Å². The lowest BCUT2D eigenvalue weighted by Gasteiger charge is -2.08. The van der Waals surface area contributed by atoms with Gasteiger partial charge in [0.05, 0.1) is 31.7 Å². The molecule has 0 bridgehead atoms. The van der Waals surface area contributed by atoms with E-state index in [0.29, 0.717) is 26.1 Å². The van der Waals surface area contributed by atoms with Crippen molar-refractivity contribution in [3.63, 3.8) is 0 Å². The molecule has 0 saturated carbocycles. The van der Waals surface area contributed by atoms with Crippen LogP contribution in [0.1, 0.15) is 20.3 Å². The lowest BCUT2D eigenvalue weighted by molar-refractivity contribution is -0.120. The Kier molecular flexibility index (Phi) is 8.73. The molecule has 0 fully saturated rings. The van der Waals surface area contributed by atoms with E-state index in [1.165, 1.54) is 0 Å². The Hall–Kier alpha value is -1.12. The van der Waals surface area contributed by atoms with Crippen molar-refractivity contribution in [2.75, 3.05) is 26.2 Å². The molecule has 0 aromatic rings. The van der Waals surface area contributed by atoms with E-state index >= 15 is 0 Å². The minimum atomic E-state index is -0.0882. The summed E-state index contributed by atoms with van der Waals surface area (Å²) in [5.41, 5.74) is 0. The van der Waals surface area contributed by atoms with Crippen molar-refractivity contribution in [3.8, 4) is 6.07 Å². The monoisotopic (exact) mass is 213 g/mol. The zero-order valence-corrected chi connectivity index (χ0v) is 9.38. The van der Waals surface area contributed by atoms with Crippen molar-refractivity contribution >= 4 is 5.91 Å². The van der Waals surface area contributed by atoms with Gasteiger partial charge in [-0.3, -0.25) is 4.79 Å². The van der Waals surface area contributed by atoms with Gasteiger partial charge in [-0.05, 0) is 13.8 Å². The molecule has 0 aliphatic heterocycles. The Morgan fingerprint density at radius 1 is 1.47 bits per heavy atom. The molecule has 0 aliphatic carbocycles. The molecule has 0 heterocycles. The van der Waals surface area contributed by atoms with Gasteiger partial charge in [-0.2, -0.15) is 5.26 Å². The summed E-state index contributed by atoms with van der Waals surface area (Å²) in [5.74, 6) is -0.0882. The molecular formula is C10H19N3O2. The summed E-state index contributed by atoms with van der Waals surface area (Å²) < 4.78 is 5.28. The second kappa shape index (κ2) is 9.44. The molecule has 5 nitrogen and oxygen atoms in total. The van der Waals surface area contributed by atoms with Crippen molar-refractivity contribution in [2.24, 2.45) is 0 Å². The Bertz CT molecular complexity index is 211. The van der Waals surface area contributed by atoms with E-state index in [4.69, 9.17) is 10.00 Å². The number of hydrogen-bond acceptors (Lipinski definition) is 4. The Balaban J connectivity index is 3.21. The van der Waals surface area contributed by atoms with Gasteiger partial charge in [-0.15, -0.1) is 0 Å². The highest BCUT2D eigenvalue weighted by atomic mass is 16.5. The van der Waals surface area contributed by atoms with Gasteiger partial charge < -0.3 is 15.4 Å². The fraction of sp³-hybridized carbons (Fsp3) is 0.800. The van der Waals surface area contributed by atoms with Gasteiger partial charge in [-0.1, -0.05) is 0 Å². The molecular weight excluding hydrogens is 194 g/mol. The van der Waals surface area contributed by atoms with Crippen LogP contribution in [-0.4, -0.2) is 38.3 Å². The number of rotatable bonds is 8. The molecule has 0 rings (SSSR count). The van der Waals surface area contributed by atoms with Crippen LogP contribution < -0.4 is 10.6 Å². The quantitative estimate of drug-likeness (QED) is 0.558. The first-order chi connectivity index (χ1) is 7.16. The molecule has 2 N–H and O–H groups in total. The van der Waals surface area contributed by atoms with Crippen molar-refractivity contribution in [3.05, 3.63) is 0 Å². The van der Waals surface area contributed by atoms with Crippen LogP contribution in [0.2, 0.25) is 0 Å². The number of amides is 1. The van der Waals surface area contributed by atoms with E-state index in [0.717, 1.165) is 0 Å². The zero-order chi connectivity index (χ0) is 11.5. The second-order valence-corrected chi connectivity index (χ2v) is 3.35. The molecule has 0 aromatic heterocycles. The maximum atomic E-state index is 11.1. The van der Waals surface area contributed by atoms with E-state index in [1.807, 2.05) is 19.9 Å². The third-order valence-electron chi connectivity index (χ3n) is 1.57.